The van der Waals surface area contributed by atoms with Crippen molar-refractivity contribution in [3.63, 3.8) is 0 Å². The van der Waals surface area contributed by atoms with E-state index >= 15 is 0 Å². The van der Waals surface area contributed by atoms with Crippen molar-refractivity contribution >= 4 is 24.2 Å². The van der Waals surface area contributed by atoms with Gasteiger partial charge in [-0.25, -0.2) is 0 Å². The molecule has 1 aromatic heterocycles. The minimum absolute atomic E-state index is 0.159. The molecule has 0 spiro atoms. The highest BCUT2D eigenvalue weighted by Gasteiger charge is 2.38. The largest absolute Gasteiger partial charge is 0.451 e. The molecular weight excluding hydrogens is 540 g/mol. The van der Waals surface area contributed by atoms with Gasteiger partial charge >= 0.3 is 0 Å². The third-order valence-corrected chi connectivity index (χ3v) is 12.2. The number of rotatable bonds is 21. The summed E-state index contributed by atoms with van der Waals surface area (Å²) in [6.45, 7) is 14.3. The molecule has 3 atom stereocenters. The van der Waals surface area contributed by atoms with E-state index in [1.165, 1.54) is 51.4 Å². The zero-order valence-electron chi connectivity index (χ0n) is 24.2. The fourth-order valence-corrected chi connectivity index (χ4v) is 5.85. The predicted molar refractivity (Wildman–Crippen MR) is 153 cm³/mol. The molecule has 0 N–H and O–H groups in total. The van der Waals surface area contributed by atoms with Crippen LogP contribution in [0.1, 0.15) is 104 Å². The molecule has 1 aromatic rings. The molecule has 0 fully saturated rings. The van der Waals surface area contributed by atoms with Gasteiger partial charge in [-0.15, -0.1) is 0 Å². The van der Waals surface area contributed by atoms with Gasteiger partial charge in [-0.2, -0.15) is 0 Å². The summed E-state index contributed by atoms with van der Waals surface area (Å²) in [4.78, 5) is 0. The summed E-state index contributed by atoms with van der Waals surface area (Å²) in [5.74, 6) is 0.726. The Kier molecular flexibility index (Phi) is 17.0. The van der Waals surface area contributed by atoms with Crippen molar-refractivity contribution in [1.29, 1.82) is 0 Å². The van der Waals surface area contributed by atoms with E-state index in [-0.39, 0.29) is 30.8 Å². The highest BCUT2D eigenvalue weighted by molar-refractivity contribution is 9.10. The molecule has 6 nitrogen and oxygen atoms in total. The first kappa shape index (κ1) is 33.8. The molecule has 212 valence electrons. The molecular formula is C28H53BrO6Si. The molecule has 0 radical (unpaired) electrons. The molecule has 0 bridgehead atoms. The molecule has 0 unspecified atom stereocenters. The molecule has 0 amide bonds. The maximum absolute atomic E-state index is 6.48. The minimum atomic E-state index is -1.65. The Morgan fingerprint density at radius 1 is 0.833 bits per heavy atom. The summed E-state index contributed by atoms with van der Waals surface area (Å²) in [6.07, 6.45) is 11.9. The van der Waals surface area contributed by atoms with Crippen LogP contribution in [0.2, 0.25) is 18.1 Å². The zero-order chi connectivity index (χ0) is 27.0. The lowest BCUT2D eigenvalue weighted by molar-refractivity contribution is -0.166. The van der Waals surface area contributed by atoms with Gasteiger partial charge < -0.3 is 27.8 Å². The molecule has 0 aliphatic heterocycles. The van der Waals surface area contributed by atoms with Gasteiger partial charge in [0.1, 0.15) is 25.5 Å². The van der Waals surface area contributed by atoms with Crippen LogP contribution in [0.3, 0.4) is 0 Å². The van der Waals surface area contributed by atoms with Gasteiger partial charge in [0.15, 0.2) is 13.0 Å². The summed E-state index contributed by atoms with van der Waals surface area (Å²) in [5, 5.41) is 0.283. The SMILES string of the molecule is COCO[C@H](c1ccc(Br)o1)[C@@H](CCCCCCCCCC[C@H](C)O[Si](C)(C)C(C)(C)C)OCOC. The average Bonchev–Trinajstić information content (AvgIpc) is 3.22. The molecule has 0 aromatic carbocycles. The average molecular weight is 594 g/mol. The van der Waals surface area contributed by atoms with Gasteiger partial charge in [-0.1, -0.05) is 72.1 Å². The topological polar surface area (TPSA) is 59.3 Å². The summed E-state index contributed by atoms with van der Waals surface area (Å²) in [7, 11) is 1.60. The third-order valence-electron chi connectivity index (χ3n) is 7.13. The van der Waals surface area contributed by atoms with Gasteiger partial charge in [-0.3, -0.25) is 0 Å². The fourth-order valence-electron chi connectivity index (χ4n) is 4.05. The van der Waals surface area contributed by atoms with Crippen molar-refractivity contribution in [1.82, 2.24) is 0 Å². The van der Waals surface area contributed by atoms with E-state index in [4.69, 9.17) is 27.8 Å². The van der Waals surface area contributed by atoms with Crippen LogP contribution in [0.4, 0.5) is 0 Å². The van der Waals surface area contributed by atoms with Crippen molar-refractivity contribution in [2.75, 3.05) is 27.8 Å². The van der Waals surface area contributed by atoms with Crippen molar-refractivity contribution in [2.45, 2.75) is 128 Å². The summed E-state index contributed by atoms with van der Waals surface area (Å²) in [6, 6.07) is 3.78. The van der Waals surface area contributed by atoms with Gasteiger partial charge in [-0.05, 0) is 66.0 Å². The first-order chi connectivity index (χ1) is 17.0. The van der Waals surface area contributed by atoms with Gasteiger partial charge in [0.05, 0.1) is 6.10 Å². The van der Waals surface area contributed by atoms with Crippen molar-refractivity contribution < 1.29 is 27.8 Å². The Morgan fingerprint density at radius 3 is 1.86 bits per heavy atom. The Morgan fingerprint density at radius 2 is 1.36 bits per heavy atom. The number of methoxy groups -OCH3 is 2. The monoisotopic (exact) mass is 592 g/mol. The van der Waals surface area contributed by atoms with E-state index < -0.39 is 8.32 Å². The third kappa shape index (κ3) is 13.5. The Balaban J connectivity index is 2.26. The number of ether oxygens (including phenoxy) is 4. The summed E-state index contributed by atoms with van der Waals surface area (Å²) < 4.78 is 35.1. The number of halogens is 1. The quantitative estimate of drug-likeness (QED) is 0.0805. The Labute approximate surface area is 230 Å². The van der Waals surface area contributed by atoms with Crippen molar-refractivity contribution in [3.8, 4) is 0 Å². The fraction of sp³-hybridized carbons (Fsp3) is 0.857. The summed E-state index contributed by atoms with van der Waals surface area (Å²) >= 11 is 3.38. The predicted octanol–water partition coefficient (Wildman–Crippen LogP) is 9.00. The number of hydrogen-bond acceptors (Lipinski definition) is 6. The molecule has 8 heteroatoms. The van der Waals surface area contributed by atoms with E-state index in [0.717, 1.165) is 18.6 Å². The van der Waals surface area contributed by atoms with Gasteiger partial charge in [0.2, 0.25) is 0 Å². The number of unbranched alkanes of at least 4 members (excludes halogenated alkanes) is 7. The van der Waals surface area contributed by atoms with E-state index in [1.54, 1.807) is 14.2 Å². The van der Waals surface area contributed by atoms with Crippen LogP contribution in [-0.2, 0) is 23.4 Å². The second kappa shape index (κ2) is 18.1. The van der Waals surface area contributed by atoms with Crippen LogP contribution in [0, 0.1) is 0 Å². The molecule has 0 saturated heterocycles. The molecule has 1 heterocycles. The smallest absolute Gasteiger partial charge is 0.192 e. The van der Waals surface area contributed by atoms with E-state index in [2.05, 4.69) is 56.7 Å². The van der Waals surface area contributed by atoms with E-state index in [1.807, 2.05) is 12.1 Å². The van der Waals surface area contributed by atoms with Crippen LogP contribution in [0.5, 0.6) is 0 Å². The van der Waals surface area contributed by atoms with E-state index in [9.17, 15) is 0 Å². The maximum Gasteiger partial charge on any atom is 0.192 e. The zero-order valence-corrected chi connectivity index (χ0v) is 26.8. The van der Waals surface area contributed by atoms with Crippen LogP contribution >= 0.6 is 15.9 Å². The highest BCUT2D eigenvalue weighted by atomic mass is 79.9. The van der Waals surface area contributed by atoms with Gasteiger partial charge in [0.25, 0.3) is 0 Å². The van der Waals surface area contributed by atoms with Crippen molar-refractivity contribution in [3.05, 3.63) is 22.6 Å². The van der Waals surface area contributed by atoms with Gasteiger partial charge in [0, 0.05) is 20.3 Å². The van der Waals surface area contributed by atoms with Crippen LogP contribution in [-0.4, -0.2) is 48.3 Å². The minimum Gasteiger partial charge on any atom is -0.451 e. The Bertz CT molecular complexity index is 675. The Hall–Kier alpha value is -0.223. The molecule has 36 heavy (non-hydrogen) atoms. The maximum atomic E-state index is 6.48. The van der Waals surface area contributed by atoms with Crippen LogP contribution < -0.4 is 0 Å². The van der Waals surface area contributed by atoms with E-state index in [0.29, 0.717) is 10.8 Å². The highest BCUT2D eigenvalue weighted by Crippen LogP contribution is 2.37. The first-order valence-electron chi connectivity index (χ1n) is 13.7. The lowest BCUT2D eigenvalue weighted by Crippen LogP contribution is -2.43. The second-order valence-electron chi connectivity index (χ2n) is 11.3. The van der Waals surface area contributed by atoms with Crippen molar-refractivity contribution in [2.24, 2.45) is 0 Å². The standard InChI is InChI=1S/C28H53BrO6Si/c1-23(35-36(7,8)28(2,3)4)17-15-13-11-9-10-12-14-16-18-24(32-21-30-5)27(33-22-31-6)25-19-20-26(29)34-25/h19-20,23-24,27H,9-18,21-22H2,1-8H3/t23-,24+,27-/m0/s1. The second-order valence-corrected chi connectivity index (χ2v) is 16.9. The molecule has 0 aliphatic rings. The lowest BCUT2D eigenvalue weighted by Gasteiger charge is -2.38. The summed E-state index contributed by atoms with van der Waals surface area (Å²) in [5.41, 5.74) is 0. The normalized spacial score (nSPS) is 15.2. The molecule has 0 aliphatic carbocycles. The van der Waals surface area contributed by atoms with Crippen LogP contribution in [0.15, 0.2) is 21.2 Å². The van der Waals surface area contributed by atoms with Crippen LogP contribution in [0.25, 0.3) is 0 Å². The number of furan rings is 1. The molecule has 0 saturated carbocycles. The lowest BCUT2D eigenvalue weighted by atomic mass is 10.0. The molecule has 1 rings (SSSR count). The first-order valence-corrected chi connectivity index (χ1v) is 17.4. The number of hydrogen-bond donors (Lipinski definition) is 0.